The summed E-state index contributed by atoms with van der Waals surface area (Å²) < 4.78 is 1.86. The second-order valence-electron chi connectivity index (χ2n) is 8.29. The standard InChI is InChI=1S/C27H24N4O/c28-18-22-10-4-7-13-25(22)30-16-14-20(15-17-30)19-31-26(21-8-2-1-3-9-21)29-24-12-6-5-11-23(24)27(31)32/h1-13,20H,14-17,19H2. The molecule has 5 rings (SSSR count). The fourth-order valence-electron chi connectivity index (χ4n) is 4.60. The molecule has 5 nitrogen and oxygen atoms in total. The van der Waals surface area contributed by atoms with Crippen LogP contribution in [0.3, 0.4) is 0 Å². The number of para-hydroxylation sites is 2. The van der Waals surface area contributed by atoms with Gasteiger partial charge in [-0.1, -0.05) is 54.6 Å². The van der Waals surface area contributed by atoms with E-state index in [0.717, 1.165) is 48.5 Å². The van der Waals surface area contributed by atoms with Crippen LogP contribution in [0.4, 0.5) is 5.69 Å². The van der Waals surface area contributed by atoms with Crippen LogP contribution in [0.15, 0.2) is 83.7 Å². The second-order valence-corrected chi connectivity index (χ2v) is 8.29. The summed E-state index contributed by atoms with van der Waals surface area (Å²) >= 11 is 0. The van der Waals surface area contributed by atoms with Crippen LogP contribution < -0.4 is 10.5 Å². The maximum Gasteiger partial charge on any atom is 0.261 e. The number of hydrogen-bond acceptors (Lipinski definition) is 4. The van der Waals surface area contributed by atoms with Gasteiger partial charge in [-0.15, -0.1) is 0 Å². The summed E-state index contributed by atoms with van der Waals surface area (Å²) in [7, 11) is 0. The molecule has 1 aliphatic rings. The van der Waals surface area contributed by atoms with E-state index >= 15 is 0 Å². The Labute approximate surface area is 187 Å². The van der Waals surface area contributed by atoms with Crippen molar-refractivity contribution in [1.29, 1.82) is 5.26 Å². The molecular weight excluding hydrogens is 396 g/mol. The summed E-state index contributed by atoms with van der Waals surface area (Å²) in [5.41, 5.74) is 3.42. The molecule has 158 valence electrons. The molecule has 2 heterocycles. The highest BCUT2D eigenvalue weighted by Crippen LogP contribution is 2.28. The number of rotatable bonds is 4. The first-order valence-corrected chi connectivity index (χ1v) is 11.0. The average Bonchev–Trinajstić information content (AvgIpc) is 2.86. The van der Waals surface area contributed by atoms with Crippen molar-refractivity contribution in [2.45, 2.75) is 19.4 Å². The van der Waals surface area contributed by atoms with Gasteiger partial charge in [0.2, 0.25) is 0 Å². The van der Waals surface area contributed by atoms with Crippen molar-refractivity contribution in [3.63, 3.8) is 0 Å². The third-order valence-electron chi connectivity index (χ3n) is 6.31. The number of anilines is 1. The average molecular weight is 421 g/mol. The Morgan fingerprint density at radius 3 is 2.38 bits per heavy atom. The third kappa shape index (κ3) is 3.76. The maximum absolute atomic E-state index is 13.4. The summed E-state index contributed by atoms with van der Waals surface area (Å²) in [6, 6.07) is 27.6. The van der Waals surface area contributed by atoms with Crippen LogP contribution in [0.1, 0.15) is 18.4 Å². The van der Waals surface area contributed by atoms with E-state index in [1.54, 1.807) is 0 Å². The Kier molecular flexibility index (Phi) is 5.43. The summed E-state index contributed by atoms with van der Waals surface area (Å²) in [4.78, 5) is 20.6. The smallest absolute Gasteiger partial charge is 0.261 e. The Balaban J connectivity index is 1.44. The van der Waals surface area contributed by atoms with Gasteiger partial charge in [0.25, 0.3) is 5.56 Å². The molecule has 1 aromatic heterocycles. The minimum atomic E-state index is 0.0201. The molecule has 0 bridgehead atoms. The summed E-state index contributed by atoms with van der Waals surface area (Å²) in [6.45, 7) is 2.40. The van der Waals surface area contributed by atoms with Crippen LogP contribution in [0.5, 0.6) is 0 Å². The van der Waals surface area contributed by atoms with Gasteiger partial charge in [-0.2, -0.15) is 5.26 Å². The zero-order chi connectivity index (χ0) is 21.9. The molecule has 0 spiro atoms. The fourth-order valence-corrected chi connectivity index (χ4v) is 4.60. The van der Waals surface area contributed by atoms with Gasteiger partial charge in [0.15, 0.2) is 0 Å². The van der Waals surface area contributed by atoms with Crippen molar-refractivity contribution in [3.05, 3.63) is 94.8 Å². The number of benzene rings is 3. The molecule has 1 fully saturated rings. The number of nitriles is 1. The largest absolute Gasteiger partial charge is 0.370 e. The zero-order valence-corrected chi connectivity index (χ0v) is 17.8. The predicted molar refractivity (Wildman–Crippen MR) is 128 cm³/mol. The highest BCUT2D eigenvalue weighted by atomic mass is 16.1. The van der Waals surface area contributed by atoms with Crippen molar-refractivity contribution in [2.75, 3.05) is 18.0 Å². The van der Waals surface area contributed by atoms with Crippen molar-refractivity contribution < 1.29 is 0 Å². The van der Waals surface area contributed by atoms with E-state index in [2.05, 4.69) is 11.0 Å². The highest BCUT2D eigenvalue weighted by Gasteiger charge is 2.23. The van der Waals surface area contributed by atoms with Crippen molar-refractivity contribution in [1.82, 2.24) is 9.55 Å². The van der Waals surface area contributed by atoms with E-state index in [1.807, 2.05) is 83.4 Å². The van der Waals surface area contributed by atoms with Crippen LogP contribution in [-0.2, 0) is 6.54 Å². The Bertz CT molecular complexity index is 1350. The third-order valence-corrected chi connectivity index (χ3v) is 6.31. The molecule has 1 aliphatic heterocycles. The van der Waals surface area contributed by atoms with Gasteiger partial charge in [0, 0.05) is 25.2 Å². The summed E-state index contributed by atoms with van der Waals surface area (Å²) in [5, 5.41) is 10.1. The van der Waals surface area contributed by atoms with Gasteiger partial charge < -0.3 is 4.90 Å². The molecular formula is C27H24N4O. The minimum absolute atomic E-state index is 0.0201. The predicted octanol–water partition coefficient (Wildman–Crippen LogP) is 4.85. The summed E-state index contributed by atoms with van der Waals surface area (Å²) in [5.74, 6) is 1.11. The lowest BCUT2D eigenvalue weighted by molar-refractivity contribution is 0.354. The highest BCUT2D eigenvalue weighted by molar-refractivity contribution is 5.79. The zero-order valence-electron chi connectivity index (χ0n) is 17.8. The first-order valence-electron chi connectivity index (χ1n) is 11.0. The van der Waals surface area contributed by atoms with Gasteiger partial charge in [-0.05, 0) is 43.0 Å². The quantitative estimate of drug-likeness (QED) is 0.473. The molecule has 0 atom stereocenters. The maximum atomic E-state index is 13.4. The molecule has 0 radical (unpaired) electrons. The number of nitrogens with zero attached hydrogens (tertiary/aromatic N) is 4. The first kappa shape index (κ1) is 20.0. The molecule has 0 N–H and O–H groups in total. The van der Waals surface area contributed by atoms with Crippen LogP contribution in [0, 0.1) is 17.2 Å². The van der Waals surface area contributed by atoms with Gasteiger partial charge >= 0.3 is 0 Å². The Morgan fingerprint density at radius 1 is 0.906 bits per heavy atom. The van der Waals surface area contributed by atoms with E-state index < -0.39 is 0 Å². The monoisotopic (exact) mass is 420 g/mol. The molecule has 0 saturated carbocycles. The van der Waals surface area contributed by atoms with E-state index in [0.29, 0.717) is 23.4 Å². The van der Waals surface area contributed by atoms with Crippen molar-refractivity contribution in [3.8, 4) is 17.5 Å². The molecule has 32 heavy (non-hydrogen) atoms. The van der Waals surface area contributed by atoms with Crippen LogP contribution >= 0.6 is 0 Å². The molecule has 5 heteroatoms. The fraction of sp³-hybridized carbons (Fsp3) is 0.222. The number of aromatic nitrogens is 2. The van der Waals surface area contributed by atoms with Gasteiger partial charge in [-0.25, -0.2) is 4.98 Å². The van der Waals surface area contributed by atoms with Gasteiger partial charge in [0.1, 0.15) is 11.9 Å². The SMILES string of the molecule is N#Cc1ccccc1N1CCC(Cn2c(-c3ccccc3)nc3ccccc3c2=O)CC1. The van der Waals surface area contributed by atoms with Crippen molar-refractivity contribution >= 4 is 16.6 Å². The van der Waals surface area contributed by atoms with Crippen LogP contribution in [0.2, 0.25) is 0 Å². The topological polar surface area (TPSA) is 61.9 Å². The van der Waals surface area contributed by atoms with E-state index in [1.165, 1.54) is 0 Å². The number of piperidine rings is 1. The minimum Gasteiger partial charge on any atom is -0.370 e. The van der Waals surface area contributed by atoms with Crippen LogP contribution in [-0.4, -0.2) is 22.6 Å². The van der Waals surface area contributed by atoms with Crippen molar-refractivity contribution in [2.24, 2.45) is 5.92 Å². The molecule has 3 aromatic carbocycles. The van der Waals surface area contributed by atoms with Crippen LogP contribution in [0.25, 0.3) is 22.3 Å². The first-order chi connectivity index (χ1) is 15.7. The second kappa shape index (κ2) is 8.68. The Morgan fingerprint density at radius 2 is 1.59 bits per heavy atom. The molecule has 0 aliphatic carbocycles. The van der Waals surface area contributed by atoms with E-state index in [-0.39, 0.29) is 5.56 Å². The molecule has 0 unspecified atom stereocenters. The van der Waals surface area contributed by atoms with E-state index in [4.69, 9.17) is 4.98 Å². The lowest BCUT2D eigenvalue weighted by atomic mass is 9.95. The molecule has 1 saturated heterocycles. The van der Waals surface area contributed by atoms with Gasteiger partial charge in [-0.3, -0.25) is 9.36 Å². The number of hydrogen-bond donors (Lipinski definition) is 0. The Hall–Kier alpha value is -3.91. The normalized spacial score (nSPS) is 14.4. The van der Waals surface area contributed by atoms with E-state index in [9.17, 15) is 10.1 Å². The molecule has 0 amide bonds. The van der Waals surface area contributed by atoms with Gasteiger partial charge in [0.05, 0.1) is 22.2 Å². The molecule has 4 aromatic rings. The lowest BCUT2D eigenvalue weighted by Gasteiger charge is -2.34. The number of fused-ring (bicyclic) bond motifs is 1. The summed E-state index contributed by atoms with van der Waals surface area (Å²) in [6.07, 6.45) is 1.93. The lowest BCUT2D eigenvalue weighted by Crippen LogP contribution is -2.37.